The van der Waals surface area contributed by atoms with Gasteiger partial charge in [-0.15, -0.1) is 0 Å². The van der Waals surface area contributed by atoms with Crippen LogP contribution in [-0.4, -0.2) is 32.3 Å². The monoisotopic (exact) mass is 269 g/mol. The van der Waals surface area contributed by atoms with Crippen molar-refractivity contribution in [3.05, 3.63) is 29.6 Å². The summed E-state index contributed by atoms with van der Waals surface area (Å²) < 4.78 is 23.9. The van der Waals surface area contributed by atoms with Crippen LogP contribution in [0.4, 0.5) is 4.39 Å². The Morgan fingerprint density at radius 1 is 1.47 bits per heavy atom. The highest BCUT2D eigenvalue weighted by molar-refractivity contribution is 5.75. The van der Waals surface area contributed by atoms with Crippen LogP contribution in [0.3, 0.4) is 0 Å². The van der Waals surface area contributed by atoms with Crippen molar-refractivity contribution >= 4 is 5.97 Å². The minimum absolute atomic E-state index is 0.207. The highest BCUT2D eigenvalue weighted by atomic mass is 19.1. The van der Waals surface area contributed by atoms with Gasteiger partial charge in [0.15, 0.2) is 11.6 Å². The first kappa shape index (κ1) is 15.4. The number of halogens is 1. The van der Waals surface area contributed by atoms with E-state index < -0.39 is 6.04 Å². The van der Waals surface area contributed by atoms with Gasteiger partial charge in [-0.25, -0.2) is 4.39 Å². The van der Waals surface area contributed by atoms with E-state index in [9.17, 15) is 9.18 Å². The standard InChI is InChI=1S/C14H20FNO3/c1-4-18-14(17)11(16-3)8-9-19-12-7-5-6-10(2)13(12)15/h5-7,11,16H,4,8-9H2,1-3H3. The Bertz CT molecular complexity index is 423. The molecule has 1 atom stereocenters. The Morgan fingerprint density at radius 2 is 2.21 bits per heavy atom. The number of hydrogen-bond donors (Lipinski definition) is 1. The molecule has 1 N–H and O–H groups in total. The number of hydrogen-bond acceptors (Lipinski definition) is 4. The molecule has 0 saturated heterocycles. The molecule has 5 heteroatoms. The van der Waals surface area contributed by atoms with Crippen LogP contribution >= 0.6 is 0 Å². The fraction of sp³-hybridized carbons (Fsp3) is 0.500. The summed E-state index contributed by atoms with van der Waals surface area (Å²) >= 11 is 0. The van der Waals surface area contributed by atoms with Gasteiger partial charge in [-0.3, -0.25) is 4.79 Å². The summed E-state index contributed by atoms with van der Waals surface area (Å²) in [6, 6.07) is 4.54. The number of ether oxygens (including phenoxy) is 2. The molecule has 0 aliphatic rings. The summed E-state index contributed by atoms with van der Waals surface area (Å²) in [4.78, 5) is 11.5. The van der Waals surface area contributed by atoms with E-state index in [0.717, 1.165) is 0 Å². The molecule has 0 spiro atoms. The second-order valence-corrected chi connectivity index (χ2v) is 4.12. The van der Waals surface area contributed by atoms with Gasteiger partial charge in [-0.05, 0) is 32.5 Å². The molecule has 0 aliphatic heterocycles. The van der Waals surface area contributed by atoms with Crippen LogP contribution in [0.15, 0.2) is 18.2 Å². The summed E-state index contributed by atoms with van der Waals surface area (Å²) in [5.41, 5.74) is 0.535. The number of aryl methyl sites for hydroxylation is 1. The molecule has 1 aromatic rings. The third-order valence-electron chi connectivity index (χ3n) is 2.74. The Kier molecular flexibility index (Phi) is 6.29. The van der Waals surface area contributed by atoms with Crippen molar-refractivity contribution in [3.63, 3.8) is 0 Å². The lowest BCUT2D eigenvalue weighted by molar-refractivity contribution is -0.145. The average Bonchev–Trinajstić information content (AvgIpc) is 2.39. The minimum atomic E-state index is -0.437. The molecule has 1 unspecified atom stereocenters. The molecule has 4 nitrogen and oxygen atoms in total. The summed E-state index contributed by atoms with van der Waals surface area (Å²) in [6.45, 7) is 4.01. The van der Waals surface area contributed by atoms with Crippen molar-refractivity contribution in [2.45, 2.75) is 26.3 Å². The molecule has 0 saturated carbocycles. The highest BCUT2D eigenvalue weighted by Crippen LogP contribution is 2.19. The van der Waals surface area contributed by atoms with E-state index >= 15 is 0 Å². The van der Waals surface area contributed by atoms with E-state index in [1.165, 1.54) is 0 Å². The molecule has 0 aromatic heterocycles. The molecule has 0 fully saturated rings. The Morgan fingerprint density at radius 3 is 2.84 bits per heavy atom. The van der Waals surface area contributed by atoms with Gasteiger partial charge in [0.1, 0.15) is 6.04 Å². The van der Waals surface area contributed by atoms with Crippen molar-refractivity contribution in [1.29, 1.82) is 0 Å². The Balaban J connectivity index is 2.48. The van der Waals surface area contributed by atoms with E-state index in [1.807, 2.05) is 0 Å². The zero-order valence-corrected chi connectivity index (χ0v) is 11.5. The van der Waals surface area contributed by atoms with E-state index in [1.54, 1.807) is 39.1 Å². The van der Waals surface area contributed by atoms with Crippen molar-refractivity contribution in [2.75, 3.05) is 20.3 Å². The van der Waals surface area contributed by atoms with Gasteiger partial charge in [0, 0.05) is 6.42 Å². The van der Waals surface area contributed by atoms with Crippen LogP contribution in [-0.2, 0) is 9.53 Å². The molecule has 0 heterocycles. The van der Waals surface area contributed by atoms with Gasteiger partial charge in [0.2, 0.25) is 0 Å². The predicted molar refractivity (Wildman–Crippen MR) is 70.7 cm³/mol. The van der Waals surface area contributed by atoms with Crippen LogP contribution in [0.5, 0.6) is 5.75 Å². The third-order valence-corrected chi connectivity index (χ3v) is 2.74. The number of likely N-dealkylation sites (N-methyl/N-ethyl adjacent to an activating group) is 1. The summed E-state index contributed by atoms with van der Waals surface area (Å²) in [7, 11) is 1.68. The number of carbonyl (C=O) groups excluding carboxylic acids is 1. The number of rotatable bonds is 7. The predicted octanol–water partition coefficient (Wildman–Crippen LogP) is 2.05. The van der Waals surface area contributed by atoms with Crippen LogP contribution in [0.1, 0.15) is 18.9 Å². The molecule has 0 bridgehead atoms. The summed E-state index contributed by atoms with van der Waals surface area (Å²) in [6.07, 6.45) is 0.419. The zero-order chi connectivity index (χ0) is 14.3. The van der Waals surface area contributed by atoms with Crippen LogP contribution < -0.4 is 10.1 Å². The molecule has 106 valence electrons. The normalized spacial score (nSPS) is 12.0. The van der Waals surface area contributed by atoms with Crippen molar-refractivity contribution < 1.29 is 18.7 Å². The van der Waals surface area contributed by atoms with Crippen molar-refractivity contribution in [2.24, 2.45) is 0 Å². The number of nitrogens with one attached hydrogen (secondary N) is 1. The Hall–Kier alpha value is -1.62. The fourth-order valence-electron chi connectivity index (χ4n) is 1.64. The molecular formula is C14H20FNO3. The zero-order valence-electron chi connectivity index (χ0n) is 11.5. The molecule has 0 aliphatic carbocycles. The number of benzene rings is 1. The summed E-state index contributed by atoms with van der Waals surface area (Å²) in [5.74, 6) is -0.475. The SMILES string of the molecule is CCOC(=O)C(CCOc1cccc(C)c1F)NC. The average molecular weight is 269 g/mol. The lowest BCUT2D eigenvalue weighted by Crippen LogP contribution is -2.36. The molecule has 0 amide bonds. The lowest BCUT2D eigenvalue weighted by atomic mass is 10.2. The highest BCUT2D eigenvalue weighted by Gasteiger charge is 2.17. The molecular weight excluding hydrogens is 249 g/mol. The second-order valence-electron chi connectivity index (χ2n) is 4.12. The Labute approximate surface area is 112 Å². The van der Waals surface area contributed by atoms with Gasteiger partial charge < -0.3 is 14.8 Å². The van der Waals surface area contributed by atoms with E-state index in [-0.39, 0.29) is 24.1 Å². The molecule has 19 heavy (non-hydrogen) atoms. The second kappa shape index (κ2) is 7.74. The lowest BCUT2D eigenvalue weighted by Gasteiger charge is -2.15. The maximum atomic E-state index is 13.7. The van der Waals surface area contributed by atoms with Gasteiger partial charge >= 0.3 is 5.97 Å². The van der Waals surface area contributed by atoms with E-state index in [4.69, 9.17) is 9.47 Å². The van der Waals surface area contributed by atoms with Crippen molar-refractivity contribution in [3.8, 4) is 5.75 Å². The van der Waals surface area contributed by atoms with Gasteiger partial charge in [-0.2, -0.15) is 0 Å². The largest absolute Gasteiger partial charge is 0.490 e. The van der Waals surface area contributed by atoms with E-state index in [2.05, 4.69) is 5.32 Å². The third kappa shape index (κ3) is 4.52. The van der Waals surface area contributed by atoms with Crippen molar-refractivity contribution in [1.82, 2.24) is 5.32 Å². The maximum absolute atomic E-state index is 13.7. The molecule has 0 radical (unpaired) electrons. The van der Waals surface area contributed by atoms with Gasteiger partial charge in [-0.1, -0.05) is 12.1 Å². The van der Waals surface area contributed by atoms with Crippen LogP contribution in [0.2, 0.25) is 0 Å². The first-order valence-corrected chi connectivity index (χ1v) is 6.32. The number of esters is 1. The van der Waals surface area contributed by atoms with Gasteiger partial charge in [0.05, 0.1) is 13.2 Å². The quantitative estimate of drug-likeness (QED) is 0.770. The van der Waals surface area contributed by atoms with Crippen LogP contribution in [0.25, 0.3) is 0 Å². The van der Waals surface area contributed by atoms with Crippen LogP contribution in [0, 0.1) is 12.7 Å². The molecule has 1 aromatic carbocycles. The maximum Gasteiger partial charge on any atom is 0.323 e. The number of carbonyl (C=O) groups is 1. The first-order chi connectivity index (χ1) is 9.10. The smallest absolute Gasteiger partial charge is 0.323 e. The molecule has 1 rings (SSSR count). The van der Waals surface area contributed by atoms with E-state index in [0.29, 0.717) is 18.6 Å². The summed E-state index contributed by atoms with van der Waals surface area (Å²) in [5, 5.41) is 2.85. The van der Waals surface area contributed by atoms with Gasteiger partial charge in [0.25, 0.3) is 0 Å². The fourth-order valence-corrected chi connectivity index (χ4v) is 1.64. The topological polar surface area (TPSA) is 47.6 Å². The minimum Gasteiger partial charge on any atom is -0.490 e. The first-order valence-electron chi connectivity index (χ1n) is 6.32.